The van der Waals surface area contributed by atoms with Gasteiger partial charge in [0.15, 0.2) is 11.0 Å². The average molecular weight is 388 g/mol. The molecule has 0 aliphatic carbocycles. The van der Waals surface area contributed by atoms with Crippen LogP contribution >= 0.6 is 11.8 Å². The minimum atomic E-state index is 0.791. The van der Waals surface area contributed by atoms with Crippen molar-refractivity contribution >= 4 is 11.8 Å². The van der Waals surface area contributed by atoms with E-state index in [1.807, 2.05) is 36.4 Å². The van der Waals surface area contributed by atoms with Crippen molar-refractivity contribution in [1.82, 2.24) is 19.7 Å². The number of rotatable bonds is 6. The van der Waals surface area contributed by atoms with Gasteiger partial charge in [0.1, 0.15) is 5.75 Å². The van der Waals surface area contributed by atoms with Gasteiger partial charge in [-0.25, -0.2) is 0 Å². The zero-order valence-electron chi connectivity index (χ0n) is 15.7. The lowest BCUT2D eigenvalue weighted by Gasteiger charge is -2.11. The predicted octanol–water partition coefficient (Wildman–Crippen LogP) is 4.94. The lowest BCUT2D eigenvalue weighted by molar-refractivity contribution is 0.414. The van der Waals surface area contributed by atoms with Crippen molar-refractivity contribution in [3.63, 3.8) is 0 Å². The van der Waals surface area contributed by atoms with Crippen LogP contribution in [0.2, 0.25) is 0 Å². The van der Waals surface area contributed by atoms with Crippen LogP contribution in [0.25, 0.3) is 17.1 Å². The molecule has 0 fully saturated rings. The fourth-order valence-electron chi connectivity index (χ4n) is 2.85. The van der Waals surface area contributed by atoms with Crippen LogP contribution in [0.1, 0.15) is 11.1 Å². The Hall–Kier alpha value is -3.12. The quantitative estimate of drug-likeness (QED) is 0.438. The van der Waals surface area contributed by atoms with Crippen LogP contribution in [0.3, 0.4) is 0 Å². The van der Waals surface area contributed by atoms with E-state index in [2.05, 4.69) is 50.9 Å². The summed E-state index contributed by atoms with van der Waals surface area (Å²) in [7, 11) is 1.67. The van der Waals surface area contributed by atoms with E-state index in [1.165, 1.54) is 11.1 Å². The van der Waals surface area contributed by atoms with Crippen LogP contribution in [-0.4, -0.2) is 26.9 Å². The summed E-state index contributed by atoms with van der Waals surface area (Å²) < 4.78 is 7.37. The van der Waals surface area contributed by atoms with Gasteiger partial charge in [-0.05, 0) is 48.9 Å². The van der Waals surface area contributed by atoms with Crippen molar-refractivity contribution in [2.45, 2.75) is 17.8 Å². The summed E-state index contributed by atoms with van der Waals surface area (Å²) in [5, 5.41) is 9.78. The molecule has 4 aromatic rings. The molecule has 0 saturated heterocycles. The molecule has 2 heterocycles. The number of aryl methyl sites for hydroxylation is 1. The van der Waals surface area contributed by atoms with Gasteiger partial charge < -0.3 is 4.74 Å². The summed E-state index contributed by atoms with van der Waals surface area (Å²) in [4.78, 5) is 4.11. The van der Waals surface area contributed by atoms with Crippen molar-refractivity contribution in [3.8, 4) is 22.8 Å². The van der Waals surface area contributed by atoms with Gasteiger partial charge in [0.25, 0.3) is 0 Å². The highest BCUT2D eigenvalue weighted by atomic mass is 32.2. The SMILES string of the molecule is COc1ccc(-n2c(SCc3ccc(C)cc3)nnc2-c2ccncc2)cc1. The van der Waals surface area contributed by atoms with Crippen molar-refractivity contribution in [1.29, 1.82) is 0 Å². The molecule has 0 saturated carbocycles. The van der Waals surface area contributed by atoms with E-state index in [-0.39, 0.29) is 0 Å². The molecule has 0 bridgehead atoms. The number of pyridine rings is 1. The molecule has 0 unspecified atom stereocenters. The molecule has 140 valence electrons. The largest absolute Gasteiger partial charge is 0.497 e. The first kappa shape index (κ1) is 18.3. The van der Waals surface area contributed by atoms with Crippen LogP contribution in [0.4, 0.5) is 0 Å². The lowest BCUT2D eigenvalue weighted by atomic mass is 10.2. The Morgan fingerprint density at radius 3 is 2.29 bits per heavy atom. The van der Waals surface area contributed by atoms with Crippen molar-refractivity contribution in [3.05, 3.63) is 84.2 Å². The fourth-order valence-corrected chi connectivity index (χ4v) is 3.76. The van der Waals surface area contributed by atoms with Gasteiger partial charge in [-0.15, -0.1) is 10.2 Å². The number of thioether (sulfide) groups is 1. The molecule has 0 amide bonds. The standard InChI is InChI=1S/C22H20N4OS/c1-16-3-5-17(6-4-16)15-28-22-25-24-21(18-11-13-23-14-12-18)26(22)19-7-9-20(27-2)10-8-19/h3-14H,15H2,1-2H3. The molecule has 0 radical (unpaired) electrons. The maximum atomic E-state index is 5.29. The van der Waals surface area contributed by atoms with Gasteiger partial charge in [0.05, 0.1) is 7.11 Å². The summed E-state index contributed by atoms with van der Waals surface area (Å²) in [6, 6.07) is 20.4. The molecule has 2 aromatic heterocycles. The van der Waals surface area contributed by atoms with Gasteiger partial charge in [-0.2, -0.15) is 0 Å². The van der Waals surface area contributed by atoms with Gasteiger partial charge in [-0.1, -0.05) is 41.6 Å². The molecular formula is C22H20N4OS. The molecule has 6 heteroatoms. The van der Waals surface area contributed by atoms with Gasteiger partial charge in [0.2, 0.25) is 0 Å². The number of nitrogens with zero attached hydrogens (tertiary/aromatic N) is 4. The van der Waals surface area contributed by atoms with E-state index in [0.29, 0.717) is 0 Å². The lowest BCUT2D eigenvalue weighted by Crippen LogP contribution is -2.00. The van der Waals surface area contributed by atoms with E-state index in [0.717, 1.165) is 33.7 Å². The Morgan fingerprint density at radius 1 is 0.893 bits per heavy atom. The Kier molecular flexibility index (Phi) is 5.39. The third-order valence-corrected chi connectivity index (χ3v) is 5.39. The first-order chi connectivity index (χ1) is 13.7. The zero-order valence-corrected chi connectivity index (χ0v) is 16.6. The molecule has 0 atom stereocenters. The van der Waals surface area contributed by atoms with Crippen LogP contribution in [0, 0.1) is 6.92 Å². The van der Waals surface area contributed by atoms with E-state index in [1.54, 1.807) is 31.3 Å². The first-order valence-corrected chi connectivity index (χ1v) is 9.92. The Labute approximate surface area is 168 Å². The average Bonchev–Trinajstić information content (AvgIpc) is 3.18. The van der Waals surface area contributed by atoms with Gasteiger partial charge in [0, 0.05) is 29.4 Å². The second-order valence-electron chi connectivity index (χ2n) is 6.35. The Bertz CT molecular complexity index is 1040. The monoisotopic (exact) mass is 388 g/mol. The Morgan fingerprint density at radius 2 is 1.61 bits per heavy atom. The third kappa shape index (κ3) is 3.92. The smallest absolute Gasteiger partial charge is 0.196 e. The fraction of sp³-hybridized carbons (Fsp3) is 0.136. The van der Waals surface area contributed by atoms with E-state index >= 15 is 0 Å². The molecule has 28 heavy (non-hydrogen) atoms. The summed E-state index contributed by atoms with van der Waals surface area (Å²) in [6.07, 6.45) is 3.53. The number of hydrogen-bond donors (Lipinski definition) is 0. The minimum Gasteiger partial charge on any atom is -0.497 e. The van der Waals surface area contributed by atoms with Crippen molar-refractivity contribution in [2.75, 3.05) is 7.11 Å². The van der Waals surface area contributed by atoms with Crippen LogP contribution in [0.5, 0.6) is 5.75 Å². The molecular weight excluding hydrogens is 368 g/mol. The predicted molar refractivity (Wildman–Crippen MR) is 112 cm³/mol. The topological polar surface area (TPSA) is 52.8 Å². The highest BCUT2D eigenvalue weighted by Gasteiger charge is 2.16. The molecule has 2 aromatic carbocycles. The minimum absolute atomic E-state index is 0.791. The van der Waals surface area contributed by atoms with E-state index in [4.69, 9.17) is 4.74 Å². The van der Waals surface area contributed by atoms with Crippen LogP contribution < -0.4 is 4.74 Å². The third-order valence-electron chi connectivity index (χ3n) is 4.39. The molecule has 0 aliphatic heterocycles. The second kappa shape index (κ2) is 8.27. The highest BCUT2D eigenvalue weighted by molar-refractivity contribution is 7.98. The van der Waals surface area contributed by atoms with Crippen LogP contribution in [0.15, 0.2) is 78.2 Å². The molecule has 0 N–H and O–H groups in total. The molecule has 4 rings (SSSR count). The number of ether oxygens (including phenoxy) is 1. The zero-order chi connectivity index (χ0) is 19.3. The summed E-state index contributed by atoms with van der Waals surface area (Å²) >= 11 is 1.67. The second-order valence-corrected chi connectivity index (χ2v) is 7.29. The van der Waals surface area contributed by atoms with Crippen molar-refractivity contribution in [2.24, 2.45) is 0 Å². The van der Waals surface area contributed by atoms with Gasteiger partial charge in [-0.3, -0.25) is 9.55 Å². The van der Waals surface area contributed by atoms with Crippen LogP contribution in [-0.2, 0) is 5.75 Å². The number of benzene rings is 2. The Balaban J connectivity index is 1.71. The maximum absolute atomic E-state index is 5.29. The summed E-state index contributed by atoms with van der Waals surface area (Å²) in [6.45, 7) is 2.10. The summed E-state index contributed by atoms with van der Waals surface area (Å²) in [5.41, 5.74) is 4.48. The number of methoxy groups -OCH3 is 1. The van der Waals surface area contributed by atoms with Crippen molar-refractivity contribution < 1.29 is 4.74 Å². The maximum Gasteiger partial charge on any atom is 0.196 e. The van der Waals surface area contributed by atoms with E-state index < -0.39 is 0 Å². The molecule has 5 nitrogen and oxygen atoms in total. The van der Waals surface area contributed by atoms with Gasteiger partial charge >= 0.3 is 0 Å². The normalized spacial score (nSPS) is 10.8. The van der Waals surface area contributed by atoms with E-state index in [9.17, 15) is 0 Å². The summed E-state index contributed by atoms with van der Waals surface area (Å²) in [5.74, 6) is 2.43. The number of aromatic nitrogens is 4. The highest BCUT2D eigenvalue weighted by Crippen LogP contribution is 2.30. The number of hydrogen-bond acceptors (Lipinski definition) is 5. The molecule has 0 spiro atoms. The molecule has 0 aliphatic rings. The first-order valence-electron chi connectivity index (χ1n) is 8.93.